The van der Waals surface area contributed by atoms with E-state index in [1.807, 2.05) is 21.0 Å². The van der Waals surface area contributed by atoms with Crippen molar-refractivity contribution >= 4 is 0 Å². The predicted octanol–water partition coefficient (Wildman–Crippen LogP) is 1.80. The third-order valence-electron chi connectivity index (χ3n) is 2.00. The molecule has 1 atom stereocenters. The van der Waals surface area contributed by atoms with Gasteiger partial charge in [0.2, 0.25) is 6.80 Å². The van der Waals surface area contributed by atoms with Gasteiger partial charge in [-0.2, -0.15) is 4.39 Å². The van der Waals surface area contributed by atoms with Gasteiger partial charge in [-0.15, -0.1) is 0 Å². The molecule has 0 saturated heterocycles. The summed E-state index contributed by atoms with van der Waals surface area (Å²) in [4.78, 5) is 0. The fourth-order valence-corrected chi connectivity index (χ4v) is 0.679. The number of quaternary nitrogens is 1. The Kier molecular flexibility index (Phi) is 5.42. The maximum Gasteiger partial charge on any atom is 0.221 e. The molecule has 3 heteroatoms. The highest BCUT2D eigenvalue weighted by atomic mass is 19.1. The first-order valence-electron chi connectivity index (χ1n) is 4.51. The van der Waals surface area contributed by atoms with Crippen molar-refractivity contribution in [1.29, 1.82) is 0 Å². The van der Waals surface area contributed by atoms with Crippen molar-refractivity contribution in [1.82, 2.24) is 0 Å². The van der Waals surface area contributed by atoms with Crippen molar-refractivity contribution in [3.63, 3.8) is 0 Å². The van der Waals surface area contributed by atoms with Crippen LogP contribution in [0.3, 0.4) is 0 Å². The second kappa shape index (κ2) is 5.49. The molecule has 12 heavy (non-hydrogen) atoms. The highest BCUT2D eigenvalue weighted by Crippen LogP contribution is 2.00. The zero-order valence-electron chi connectivity index (χ0n) is 8.64. The number of likely N-dealkylation sites (N-methyl/N-ethyl adjacent to an activating group) is 1. The van der Waals surface area contributed by atoms with Crippen molar-refractivity contribution in [2.75, 3.05) is 34.0 Å². The summed E-state index contributed by atoms with van der Waals surface area (Å²) in [6, 6.07) is 0. The third-order valence-corrected chi connectivity index (χ3v) is 2.00. The Balaban J connectivity index is 3.42. The van der Waals surface area contributed by atoms with Crippen molar-refractivity contribution < 1.29 is 13.6 Å². The van der Waals surface area contributed by atoms with Gasteiger partial charge in [-0.1, -0.05) is 6.92 Å². The van der Waals surface area contributed by atoms with E-state index >= 15 is 0 Å². The van der Waals surface area contributed by atoms with Crippen LogP contribution in [0.25, 0.3) is 0 Å². The second-order valence-corrected chi connectivity index (χ2v) is 3.87. The monoisotopic (exact) mass is 178 g/mol. The molecule has 0 amide bonds. The molecule has 0 spiro atoms. The SMILES string of the molecule is CCC(C)OCC[N+](C)(C)CF. The number of hydrogen-bond donors (Lipinski definition) is 0. The van der Waals surface area contributed by atoms with E-state index in [4.69, 9.17) is 4.74 Å². The van der Waals surface area contributed by atoms with E-state index in [9.17, 15) is 4.39 Å². The molecular weight excluding hydrogens is 157 g/mol. The zero-order chi connectivity index (χ0) is 9.61. The summed E-state index contributed by atoms with van der Waals surface area (Å²) in [6.07, 6.45) is 1.31. The smallest absolute Gasteiger partial charge is 0.221 e. The van der Waals surface area contributed by atoms with Gasteiger partial charge in [0.05, 0.1) is 26.8 Å². The molecule has 0 aromatic rings. The van der Waals surface area contributed by atoms with Crippen LogP contribution in [-0.2, 0) is 4.74 Å². The summed E-state index contributed by atoms with van der Waals surface area (Å²) in [5.74, 6) is 0. The maximum absolute atomic E-state index is 12.3. The average molecular weight is 178 g/mol. The lowest BCUT2D eigenvalue weighted by atomic mass is 10.3. The van der Waals surface area contributed by atoms with Crippen LogP contribution < -0.4 is 0 Å². The van der Waals surface area contributed by atoms with Crippen LogP contribution in [-0.4, -0.2) is 44.6 Å². The van der Waals surface area contributed by atoms with Crippen molar-refractivity contribution in [2.24, 2.45) is 0 Å². The van der Waals surface area contributed by atoms with E-state index in [2.05, 4.69) is 6.92 Å². The topological polar surface area (TPSA) is 9.23 Å². The molecule has 0 aromatic carbocycles. The zero-order valence-corrected chi connectivity index (χ0v) is 8.64. The van der Waals surface area contributed by atoms with Crippen LogP contribution in [0.1, 0.15) is 20.3 Å². The molecule has 0 aliphatic carbocycles. The molecule has 0 heterocycles. The molecule has 0 N–H and O–H groups in total. The minimum absolute atomic E-state index is 0.296. The Hall–Kier alpha value is -0.150. The second-order valence-electron chi connectivity index (χ2n) is 3.87. The number of hydrogen-bond acceptors (Lipinski definition) is 1. The van der Waals surface area contributed by atoms with Gasteiger partial charge in [0.25, 0.3) is 0 Å². The van der Waals surface area contributed by atoms with Crippen LogP contribution in [0.4, 0.5) is 4.39 Å². The molecule has 2 nitrogen and oxygen atoms in total. The van der Waals surface area contributed by atoms with Crippen LogP contribution in [0, 0.1) is 0 Å². The minimum atomic E-state index is -0.329. The predicted molar refractivity (Wildman–Crippen MR) is 48.7 cm³/mol. The van der Waals surface area contributed by atoms with Gasteiger partial charge in [-0.05, 0) is 13.3 Å². The van der Waals surface area contributed by atoms with Gasteiger partial charge in [0.1, 0.15) is 6.54 Å². The third kappa shape index (κ3) is 5.49. The molecule has 0 rings (SSSR count). The van der Waals surface area contributed by atoms with Crippen LogP contribution in [0.2, 0.25) is 0 Å². The van der Waals surface area contributed by atoms with Crippen molar-refractivity contribution in [3.05, 3.63) is 0 Å². The lowest BCUT2D eigenvalue weighted by Crippen LogP contribution is -2.41. The van der Waals surface area contributed by atoms with E-state index in [1.165, 1.54) is 0 Å². The summed E-state index contributed by atoms with van der Waals surface area (Å²) in [5.41, 5.74) is 0. The first-order chi connectivity index (χ1) is 5.52. The molecule has 0 aromatic heterocycles. The molecule has 0 aliphatic rings. The van der Waals surface area contributed by atoms with Crippen LogP contribution >= 0.6 is 0 Å². The van der Waals surface area contributed by atoms with Gasteiger partial charge < -0.3 is 9.22 Å². The Bertz CT molecular complexity index is 117. The highest BCUT2D eigenvalue weighted by molar-refractivity contribution is 4.43. The molecule has 0 bridgehead atoms. The quantitative estimate of drug-likeness (QED) is 0.445. The van der Waals surface area contributed by atoms with Crippen LogP contribution in [0.15, 0.2) is 0 Å². The number of rotatable bonds is 6. The Morgan fingerprint density at radius 2 is 2.00 bits per heavy atom. The van der Waals surface area contributed by atoms with Gasteiger partial charge in [0, 0.05) is 0 Å². The largest absolute Gasteiger partial charge is 0.373 e. The van der Waals surface area contributed by atoms with E-state index in [-0.39, 0.29) is 6.80 Å². The Labute approximate surface area is 74.9 Å². The fraction of sp³-hybridized carbons (Fsp3) is 1.00. The van der Waals surface area contributed by atoms with Gasteiger partial charge in [0.15, 0.2) is 0 Å². The van der Waals surface area contributed by atoms with E-state index in [0.29, 0.717) is 17.2 Å². The molecule has 0 radical (unpaired) electrons. The summed E-state index contributed by atoms with van der Waals surface area (Å²) in [6.45, 7) is 5.17. The number of alkyl halides is 1. The minimum Gasteiger partial charge on any atom is -0.373 e. The molecule has 0 saturated carbocycles. The average Bonchev–Trinajstić information content (AvgIpc) is 2.04. The van der Waals surface area contributed by atoms with Crippen LogP contribution in [0.5, 0.6) is 0 Å². The molecule has 0 fully saturated rings. The maximum atomic E-state index is 12.3. The summed E-state index contributed by atoms with van der Waals surface area (Å²) in [7, 11) is 3.72. The number of nitrogens with zero attached hydrogens (tertiary/aromatic N) is 1. The first kappa shape index (κ1) is 11.8. The molecule has 1 unspecified atom stereocenters. The molecule has 0 aliphatic heterocycles. The standard InChI is InChI=1S/C9H21FNO/c1-5-9(2)12-7-6-11(3,4)8-10/h9H,5-8H2,1-4H3/q+1. The van der Waals surface area contributed by atoms with E-state index < -0.39 is 0 Å². The summed E-state index contributed by atoms with van der Waals surface area (Å²) >= 11 is 0. The summed E-state index contributed by atoms with van der Waals surface area (Å²) in [5, 5.41) is 0. The van der Waals surface area contributed by atoms with E-state index in [0.717, 1.165) is 13.0 Å². The van der Waals surface area contributed by atoms with Gasteiger partial charge >= 0.3 is 0 Å². The molecular formula is C9H21FNO+. The number of ether oxygens (including phenoxy) is 1. The normalized spacial score (nSPS) is 14.8. The van der Waals surface area contributed by atoms with Crippen molar-refractivity contribution in [2.45, 2.75) is 26.4 Å². The Morgan fingerprint density at radius 3 is 2.42 bits per heavy atom. The fourth-order valence-electron chi connectivity index (χ4n) is 0.679. The molecule has 74 valence electrons. The number of halogens is 1. The highest BCUT2D eigenvalue weighted by Gasteiger charge is 2.13. The first-order valence-corrected chi connectivity index (χ1v) is 4.51. The van der Waals surface area contributed by atoms with Crippen molar-refractivity contribution in [3.8, 4) is 0 Å². The van der Waals surface area contributed by atoms with Gasteiger partial charge in [-0.25, -0.2) is 0 Å². The lowest BCUT2D eigenvalue weighted by Gasteiger charge is -2.26. The van der Waals surface area contributed by atoms with E-state index in [1.54, 1.807) is 0 Å². The van der Waals surface area contributed by atoms with Gasteiger partial charge in [-0.3, -0.25) is 0 Å². The summed E-state index contributed by atoms with van der Waals surface area (Å²) < 4.78 is 18.1. The Morgan fingerprint density at radius 1 is 1.42 bits per heavy atom. The lowest BCUT2D eigenvalue weighted by molar-refractivity contribution is -0.903.